The number of hydrogen-bond acceptors (Lipinski definition) is 4. The van der Waals surface area contributed by atoms with E-state index in [1.807, 2.05) is 18.2 Å². The van der Waals surface area contributed by atoms with E-state index < -0.39 is 0 Å². The number of carbonyl (C=O) groups is 1. The van der Waals surface area contributed by atoms with Crippen LogP contribution in [-0.4, -0.2) is 50.2 Å². The molecular formula is C21H25ClN2O3. The number of ether oxygens (including phenoxy) is 2. The molecule has 0 bridgehead atoms. The van der Waals surface area contributed by atoms with Gasteiger partial charge >= 0.3 is 0 Å². The maximum atomic E-state index is 11.9. The molecule has 0 saturated carbocycles. The molecule has 1 amide bonds. The van der Waals surface area contributed by atoms with Gasteiger partial charge in [-0.1, -0.05) is 41.9 Å². The standard InChI is InChI=1S/C21H25ClN2O3/c22-18-7-9-19(10-8-18)27-16-21(25)23-11-4-12-24-13-14-26-20(15-24)17-5-2-1-3-6-17/h1-3,5-10,20H,4,11-16H2,(H,23,25)/t20-/m0/s1. The molecule has 1 aliphatic heterocycles. The van der Waals surface area contributed by atoms with Crippen molar-refractivity contribution >= 4 is 17.5 Å². The van der Waals surface area contributed by atoms with Gasteiger partial charge in [0.2, 0.25) is 0 Å². The van der Waals surface area contributed by atoms with Gasteiger partial charge in [-0.3, -0.25) is 9.69 Å². The molecule has 5 nitrogen and oxygen atoms in total. The van der Waals surface area contributed by atoms with Gasteiger partial charge in [0.15, 0.2) is 6.61 Å². The number of benzene rings is 2. The quantitative estimate of drug-likeness (QED) is 0.705. The molecule has 2 aromatic carbocycles. The van der Waals surface area contributed by atoms with Crippen LogP contribution < -0.4 is 10.1 Å². The minimum atomic E-state index is -0.117. The summed E-state index contributed by atoms with van der Waals surface area (Å²) in [7, 11) is 0. The molecule has 1 heterocycles. The first-order chi connectivity index (χ1) is 13.2. The molecule has 3 rings (SSSR count). The number of nitrogens with one attached hydrogen (secondary N) is 1. The lowest BCUT2D eigenvalue weighted by Gasteiger charge is -2.33. The molecule has 1 atom stereocenters. The number of carbonyl (C=O) groups excluding carboxylic acids is 1. The van der Waals surface area contributed by atoms with E-state index in [1.165, 1.54) is 5.56 Å². The Kier molecular flexibility index (Phi) is 7.51. The van der Waals surface area contributed by atoms with Crippen LogP contribution in [0.15, 0.2) is 54.6 Å². The fourth-order valence-corrected chi connectivity index (χ4v) is 3.16. The third kappa shape index (κ3) is 6.54. The molecule has 1 saturated heterocycles. The number of halogens is 1. The van der Waals surface area contributed by atoms with Crippen LogP contribution in [0.2, 0.25) is 5.02 Å². The summed E-state index contributed by atoms with van der Waals surface area (Å²) < 4.78 is 11.3. The first-order valence-electron chi connectivity index (χ1n) is 9.25. The lowest BCUT2D eigenvalue weighted by atomic mass is 10.1. The van der Waals surface area contributed by atoms with Gasteiger partial charge in [0.25, 0.3) is 5.91 Å². The van der Waals surface area contributed by atoms with Gasteiger partial charge in [-0.15, -0.1) is 0 Å². The van der Waals surface area contributed by atoms with E-state index in [9.17, 15) is 4.79 Å². The second-order valence-corrected chi connectivity index (χ2v) is 6.95. The van der Waals surface area contributed by atoms with Crippen molar-refractivity contribution in [1.29, 1.82) is 0 Å². The van der Waals surface area contributed by atoms with Crippen molar-refractivity contribution < 1.29 is 14.3 Å². The normalized spacial score (nSPS) is 17.4. The SMILES string of the molecule is O=C(COc1ccc(Cl)cc1)NCCCN1CCO[C@H](c2ccccc2)C1. The fourth-order valence-electron chi connectivity index (χ4n) is 3.04. The van der Waals surface area contributed by atoms with Gasteiger partial charge in [-0.2, -0.15) is 0 Å². The number of rotatable bonds is 8. The highest BCUT2D eigenvalue weighted by Crippen LogP contribution is 2.21. The lowest BCUT2D eigenvalue weighted by molar-refractivity contribution is -0.123. The van der Waals surface area contributed by atoms with E-state index in [-0.39, 0.29) is 18.6 Å². The summed E-state index contributed by atoms with van der Waals surface area (Å²) in [4.78, 5) is 14.3. The van der Waals surface area contributed by atoms with Gasteiger partial charge < -0.3 is 14.8 Å². The first-order valence-corrected chi connectivity index (χ1v) is 9.62. The van der Waals surface area contributed by atoms with Crippen molar-refractivity contribution in [3.8, 4) is 5.75 Å². The van der Waals surface area contributed by atoms with Crippen LogP contribution in [0.5, 0.6) is 5.75 Å². The zero-order valence-electron chi connectivity index (χ0n) is 15.3. The van der Waals surface area contributed by atoms with Crippen molar-refractivity contribution in [3.05, 3.63) is 65.2 Å². The monoisotopic (exact) mass is 388 g/mol. The molecule has 0 aliphatic carbocycles. The molecule has 6 heteroatoms. The summed E-state index contributed by atoms with van der Waals surface area (Å²) in [6, 6.07) is 17.3. The van der Waals surface area contributed by atoms with Crippen molar-refractivity contribution in [1.82, 2.24) is 10.2 Å². The van der Waals surface area contributed by atoms with E-state index >= 15 is 0 Å². The number of nitrogens with zero attached hydrogens (tertiary/aromatic N) is 1. The summed E-state index contributed by atoms with van der Waals surface area (Å²) >= 11 is 5.82. The van der Waals surface area contributed by atoms with E-state index in [4.69, 9.17) is 21.1 Å². The zero-order chi connectivity index (χ0) is 18.9. The Hall–Kier alpha value is -2.08. The molecule has 0 radical (unpaired) electrons. The Bertz CT molecular complexity index is 709. The second kappa shape index (κ2) is 10.3. The number of amides is 1. The molecule has 1 N–H and O–H groups in total. The molecule has 2 aromatic rings. The van der Waals surface area contributed by atoms with Gasteiger partial charge in [-0.05, 0) is 36.2 Å². The Morgan fingerprint density at radius 3 is 2.74 bits per heavy atom. The average molecular weight is 389 g/mol. The van der Waals surface area contributed by atoms with Crippen LogP contribution in [0.4, 0.5) is 0 Å². The molecule has 0 spiro atoms. The minimum absolute atomic E-state index is 0.00919. The summed E-state index contributed by atoms with van der Waals surface area (Å²) in [6.07, 6.45) is 1.02. The van der Waals surface area contributed by atoms with E-state index in [0.717, 1.165) is 32.7 Å². The van der Waals surface area contributed by atoms with Crippen LogP contribution in [0.25, 0.3) is 0 Å². The Balaban J connectivity index is 1.31. The smallest absolute Gasteiger partial charge is 0.257 e. The molecule has 144 valence electrons. The predicted octanol–water partition coefficient (Wildman–Crippen LogP) is 3.30. The van der Waals surface area contributed by atoms with Crippen molar-refractivity contribution in [2.75, 3.05) is 39.4 Å². The predicted molar refractivity (Wildman–Crippen MR) is 106 cm³/mol. The maximum absolute atomic E-state index is 11.9. The van der Waals surface area contributed by atoms with Crippen LogP contribution in [0.3, 0.4) is 0 Å². The van der Waals surface area contributed by atoms with Gasteiger partial charge in [-0.25, -0.2) is 0 Å². The Morgan fingerprint density at radius 2 is 1.96 bits per heavy atom. The molecular weight excluding hydrogens is 364 g/mol. The number of hydrogen-bond donors (Lipinski definition) is 1. The topological polar surface area (TPSA) is 50.8 Å². The first kappa shape index (κ1) is 19.7. The third-order valence-electron chi connectivity index (χ3n) is 4.48. The summed E-state index contributed by atoms with van der Waals surface area (Å²) in [5.74, 6) is 0.518. The zero-order valence-corrected chi connectivity index (χ0v) is 16.0. The van der Waals surface area contributed by atoms with Crippen molar-refractivity contribution in [3.63, 3.8) is 0 Å². The lowest BCUT2D eigenvalue weighted by Crippen LogP contribution is -2.40. The van der Waals surface area contributed by atoms with Crippen molar-refractivity contribution in [2.45, 2.75) is 12.5 Å². The highest BCUT2D eigenvalue weighted by atomic mass is 35.5. The molecule has 27 heavy (non-hydrogen) atoms. The highest BCUT2D eigenvalue weighted by molar-refractivity contribution is 6.30. The minimum Gasteiger partial charge on any atom is -0.484 e. The molecule has 0 aromatic heterocycles. The van der Waals surface area contributed by atoms with E-state index in [2.05, 4.69) is 22.3 Å². The number of morpholine rings is 1. The largest absolute Gasteiger partial charge is 0.484 e. The molecule has 0 unspecified atom stereocenters. The summed E-state index contributed by atoms with van der Waals surface area (Å²) in [5.41, 5.74) is 1.22. The molecule has 1 fully saturated rings. The molecule has 1 aliphatic rings. The maximum Gasteiger partial charge on any atom is 0.257 e. The Labute approximate surface area is 165 Å². The fraction of sp³-hybridized carbons (Fsp3) is 0.381. The highest BCUT2D eigenvalue weighted by Gasteiger charge is 2.21. The average Bonchev–Trinajstić information content (AvgIpc) is 2.72. The van der Waals surface area contributed by atoms with Gasteiger partial charge in [0.05, 0.1) is 12.7 Å². The third-order valence-corrected chi connectivity index (χ3v) is 4.73. The summed E-state index contributed by atoms with van der Waals surface area (Å²) in [6.45, 7) is 4.13. The summed E-state index contributed by atoms with van der Waals surface area (Å²) in [5, 5.41) is 3.54. The van der Waals surface area contributed by atoms with Gasteiger partial charge in [0, 0.05) is 31.2 Å². The van der Waals surface area contributed by atoms with E-state index in [0.29, 0.717) is 17.3 Å². The van der Waals surface area contributed by atoms with Crippen LogP contribution >= 0.6 is 11.6 Å². The van der Waals surface area contributed by atoms with Crippen LogP contribution in [-0.2, 0) is 9.53 Å². The van der Waals surface area contributed by atoms with Crippen molar-refractivity contribution in [2.24, 2.45) is 0 Å². The van der Waals surface area contributed by atoms with Crippen LogP contribution in [0, 0.1) is 0 Å². The second-order valence-electron chi connectivity index (χ2n) is 6.52. The van der Waals surface area contributed by atoms with Gasteiger partial charge in [0.1, 0.15) is 5.75 Å². The Morgan fingerprint density at radius 1 is 1.19 bits per heavy atom. The van der Waals surface area contributed by atoms with Crippen LogP contribution in [0.1, 0.15) is 18.1 Å². The van der Waals surface area contributed by atoms with E-state index in [1.54, 1.807) is 24.3 Å².